The molecule has 4 heteroatoms. The molecule has 0 aliphatic heterocycles. The van der Waals surface area contributed by atoms with Crippen LogP contribution in [-0.2, 0) is 0 Å². The fourth-order valence-electron chi connectivity index (χ4n) is 4.06. The second kappa shape index (κ2) is 15.4. The average Bonchev–Trinajstić information content (AvgIpc) is 2.60. The summed E-state index contributed by atoms with van der Waals surface area (Å²) in [7, 11) is 0. The van der Waals surface area contributed by atoms with Crippen LogP contribution in [-0.4, -0.2) is 54.1 Å². The first-order chi connectivity index (χ1) is 11.1. The van der Waals surface area contributed by atoms with E-state index in [-0.39, 0.29) is 12.4 Å². The van der Waals surface area contributed by atoms with Crippen LogP contribution in [0.3, 0.4) is 0 Å². The number of nitrogens with zero attached hydrogens (tertiary/aromatic N) is 1. The number of hydrogen-bond donors (Lipinski definition) is 2. The Hall–Kier alpha value is 0.170. The maximum Gasteiger partial charge on any atom is 0.0786 e. The summed E-state index contributed by atoms with van der Waals surface area (Å²) in [5.41, 5.74) is 0.387. The molecule has 0 aromatic carbocycles. The van der Waals surface area contributed by atoms with E-state index in [2.05, 4.69) is 27.7 Å². The third kappa shape index (κ3) is 9.60. The summed E-state index contributed by atoms with van der Waals surface area (Å²) >= 11 is 0. The van der Waals surface area contributed by atoms with Gasteiger partial charge in [-0.25, -0.2) is 0 Å². The average molecular weight is 366 g/mol. The minimum atomic E-state index is 0. The van der Waals surface area contributed by atoms with Crippen LogP contribution in [0.5, 0.6) is 0 Å². The Kier molecular flexibility index (Phi) is 17.0. The number of hydrogen-bond acceptors (Lipinski definition) is 2. The first-order valence-electron chi connectivity index (χ1n) is 10.1. The molecular formula is C20H44ClNO2. The van der Waals surface area contributed by atoms with E-state index in [9.17, 15) is 5.11 Å². The third-order valence-electron chi connectivity index (χ3n) is 6.33. The highest BCUT2D eigenvalue weighted by atomic mass is 35.5. The Morgan fingerprint density at radius 1 is 0.667 bits per heavy atom. The number of aliphatic hydroxyl groups is 2. The Morgan fingerprint density at radius 2 is 1.12 bits per heavy atom. The fourth-order valence-corrected chi connectivity index (χ4v) is 4.06. The van der Waals surface area contributed by atoms with Crippen molar-refractivity contribution in [2.75, 3.05) is 39.4 Å². The smallest absolute Gasteiger partial charge is 0.0786 e. The van der Waals surface area contributed by atoms with Gasteiger partial charge >= 0.3 is 0 Å². The quantitative estimate of drug-likeness (QED) is 0.320. The number of aliphatic hydroxyl groups excluding tert-OH is 2. The Balaban J connectivity index is 0. The van der Waals surface area contributed by atoms with Gasteiger partial charge in [0.25, 0.3) is 0 Å². The van der Waals surface area contributed by atoms with Gasteiger partial charge in [-0.2, -0.15) is 0 Å². The first-order valence-corrected chi connectivity index (χ1v) is 10.1. The zero-order valence-electron chi connectivity index (χ0n) is 16.8. The largest absolute Gasteiger partial charge is 1.00 e. The van der Waals surface area contributed by atoms with Crippen LogP contribution in [0.4, 0.5) is 0 Å². The molecule has 0 aliphatic rings. The lowest BCUT2D eigenvalue weighted by Gasteiger charge is -2.37. The van der Waals surface area contributed by atoms with Gasteiger partial charge in [0.1, 0.15) is 0 Å². The predicted molar refractivity (Wildman–Crippen MR) is 101 cm³/mol. The van der Waals surface area contributed by atoms with Gasteiger partial charge in [0, 0.05) is 13.2 Å². The Bertz CT molecular complexity index is 264. The van der Waals surface area contributed by atoms with E-state index in [1.165, 1.54) is 62.8 Å². The van der Waals surface area contributed by atoms with Gasteiger partial charge in [0.15, 0.2) is 0 Å². The first kappa shape index (κ1) is 26.4. The summed E-state index contributed by atoms with van der Waals surface area (Å²) in [5, 5.41) is 18.3. The molecule has 3 nitrogen and oxygen atoms in total. The van der Waals surface area contributed by atoms with Crippen LogP contribution in [0, 0.1) is 5.41 Å². The standard InChI is InChI=1S/C20H44NO2.ClH/c1-5-20(16-13-19-23,15-10-12-18-22)14-9-11-17-21(6-2,7-3)8-4;/h22-23H,5-19H2,1-4H3;1H/q+1;/p-1. The summed E-state index contributed by atoms with van der Waals surface area (Å²) in [4.78, 5) is 0. The molecule has 0 fully saturated rings. The number of unbranched alkanes of at least 4 members (excludes halogenated alkanes) is 2. The summed E-state index contributed by atoms with van der Waals surface area (Å²) in [6.07, 6.45) is 10.4. The molecule has 0 saturated heterocycles. The monoisotopic (exact) mass is 365 g/mol. The predicted octanol–water partition coefficient (Wildman–Crippen LogP) is 1.37. The third-order valence-corrected chi connectivity index (χ3v) is 6.33. The van der Waals surface area contributed by atoms with Crippen LogP contribution in [0.2, 0.25) is 0 Å². The van der Waals surface area contributed by atoms with Crippen molar-refractivity contribution >= 4 is 0 Å². The highest BCUT2D eigenvalue weighted by Crippen LogP contribution is 2.39. The summed E-state index contributed by atoms with van der Waals surface area (Å²) in [6, 6.07) is 0. The molecule has 0 spiro atoms. The van der Waals surface area contributed by atoms with Gasteiger partial charge in [-0.3, -0.25) is 0 Å². The number of rotatable bonds is 16. The van der Waals surface area contributed by atoms with E-state index in [1.807, 2.05) is 0 Å². The van der Waals surface area contributed by atoms with Gasteiger partial charge in [-0.05, 0) is 71.1 Å². The Labute approximate surface area is 157 Å². The van der Waals surface area contributed by atoms with Crippen LogP contribution in [0.1, 0.15) is 85.5 Å². The van der Waals surface area contributed by atoms with Crippen LogP contribution >= 0.6 is 0 Å². The van der Waals surface area contributed by atoms with Crippen molar-refractivity contribution in [2.24, 2.45) is 5.41 Å². The summed E-state index contributed by atoms with van der Waals surface area (Å²) in [6.45, 7) is 14.9. The summed E-state index contributed by atoms with van der Waals surface area (Å²) in [5.74, 6) is 0. The molecule has 148 valence electrons. The number of quaternary nitrogens is 1. The van der Waals surface area contributed by atoms with Gasteiger partial charge < -0.3 is 27.1 Å². The molecule has 24 heavy (non-hydrogen) atoms. The second-order valence-corrected chi connectivity index (χ2v) is 7.33. The molecular weight excluding hydrogens is 322 g/mol. The van der Waals surface area contributed by atoms with E-state index in [0.29, 0.717) is 18.6 Å². The lowest BCUT2D eigenvalue weighted by Crippen LogP contribution is -3.00. The second-order valence-electron chi connectivity index (χ2n) is 7.33. The van der Waals surface area contributed by atoms with E-state index in [4.69, 9.17) is 5.11 Å². The normalized spacial score (nSPS) is 14.2. The molecule has 0 amide bonds. The lowest BCUT2D eigenvalue weighted by molar-refractivity contribution is -0.923. The zero-order valence-corrected chi connectivity index (χ0v) is 17.6. The highest BCUT2D eigenvalue weighted by molar-refractivity contribution is 4.78. The van der Waals surface area contributed by atoms with Crippen molar-refractivity contribution in [3.63, 3.8) is 0 Å². The topological polar surface area (TPSA) is 40.5 Å². The van der Waals surface area contributed by atoms with E-state index < -0.39 is 0 Å². The van der Waals surface area contributed by atoms with Crippen molar-refractivity contribution in [1.82, 2.24) is 0 Å². The SMILES string of the molecule is CCC(CCCO)(CCCCO)CCCC[N+](CC)(CC)CC.[Cl-]. The van der Waals surface area contributed by atoms with Crippen LogP contribution < -0.4 is 12.4 Å². The molecule has 0 bridgehead atoms. The highest BCUT2D eigenvalue weighted by Gasteiger charge is 2.27. The molecule has 0 radical (unpaired) electrons. The summed E-state index contributed by atoms with van der Waals surface area (Å²) < 4.78 is 1.25. The molecule has 0 rings (SSSR count). The van der Waals surface area contributed by atoms with Crippen LogP contribution in [0.25, 0.3) is 0 Å². The maximum absolute atomic E-state index is 9.23. The van der Waals surface area contributed by atoms with E-state index in [0.717, 1.165) is 25.7 Å². The fraction of sp³-hybridized carbons (Fsp3) is 1.00. The van der Waals surface area contributed by atoms with Crippen molar-refractivity contribution < 1.29 is 27.1 Å². The zero-order chi connectivity index (χ0) is 17.6. The molecule has 0 aliphatic carbocycles. The number of halogens is 1. The van der Waals surface area contributed by atoms with Crippen molar-refractivity contribution in [2.45, 2.75) is 85.5 Å². The Morgan fingerprint density at radius 3 is 1.54 bits per heavy atom. The van der Waals surface area contributed by atoms with Crippen LogP contribution in [0.15, 0.2) is 0 Å². The maximum atomic E-state index is 9.23. The molecule has 1 atom stereocenters. The van der Waals surface area contributed by atoms with Gasteiger partial charge in [-0.1, -0.05) is 19.8 Å². The van der Waals surface area contributed by atoms with Crippen molar-refractivity contribution in [3.8, 4) is 0 Å². The minimum Gasteiger partial charge on any atom is -1.00 e. The minimum absolute atomic E-state index is 0. The lowest BCUT2D eigenvalue weighted by atomic mass is 9.73. The van der Waals surface area contributed by atoms with Crippen molar-refractivity contribution in [1.29, 1.82) is 0 Å². The molecule has 0 heterocycles. The molecule has 0 saturated carbocycles. The molecule has 0 aromatic rings. The van der Waals surface area contributed by atoms with Gasteiger partial charge in [0.2, 0.25) is 0 Å². The van der Waals surface area contributed by atoms with Gasteiger partial charge in [-0.15, -0.1) is 0 Å². The van der Waals surface area contributed by atoms with Crippen molar-refractivity contribution in [3.05, 3.63) is 0 Å². The van der Waals surface area contributed by atoms with E-state index >= 15 is 0 Å². The van der Waals surface area contributed by atoms with Gasteiger partial charge in [0.05, 0.1) is 26.2 Å². The molecule has 1 unspecified atom stereocenters. The molecule has 0 aromatic heterocycles. The van der Waals surface area contributed by atoms with E-state index in [1.54, 1.807) is 0 Å². The molecule has 2 N–H and O–H groups in total.